The van der Waals surface area contributed by atoms with Gasteiger partial charge in [-0.3, -0.25) is 4.79 Å². The van der Waals surface area contributed by atoms with Crippen LogP contribution in [0.5, 0.6) is 17.2 Å². The summed E-state index contributed by atoms with van der Waals surface area (Å²) in [5.74, 6) is 0.518. The number of benzene rings is 1. The number of carbonyl (C=O) groups is 1. The Morgan fingerprint density at radius 3 is 2.57 bits per heavy atom. The smallest absolute Gasteiger partial charge is 0.204 e. The maximum absolute atomic E-state index is 11.2. The zero-order valence-electron chi connectivity index (χ0n) is 7.74. The van der Waals surface area contributed by atoms with Gasteiger partial charge in [0.2, 0.25) is 5.75 Å². The molecule has 0 unspecified atom stereocenters. The molecule has 4 nitrogen and oxygen atoms in total. The Morgan fingerprint density at radius 2 is 1.93 bits per heavy atom. The van der Waals surface area contributed by atoms with Gasteiger partial charge in [0, 0.05) is 0 Å². The second kappa shape index (κ2) is 3.21. The predicted molar refractivity (Wildman–Crippen MR) is 49.1 cm³/mol. The van der Waals surface area contributed by atoms with Gasteiger partial charge in [0.15, 0.2) is 17.3 Å². The van der Waals surface area contributed by atoms with E-state index >= 15 is 0 Å². The molecule has 1 aromatic rings. The number of ether oxygens (including phenoxy) is 2. The Morgan fingerprint density at radius 1 is 1.29 bits per heavy atom. The molecular weight excluding hydrogens is 184 g/mol. The second-order valence-corrected chi connectivity index (χ2v) is 3.04. The van der Waals surface area contributed by atoms with E-state index in [1.165, 1.54) is 19.1 Å². The van der Waals surface area contributed by atoms with Crippen molar-refractivity contribution in [3.63, 3.8) is 0 Å². The fourth-order valence-corrected chi connectivity index (χ4v) is 1.40. The summed E-state index contributed by atoms with van der Waals surface area (Å²) in [4.78, 5) is 11.2. The van der Waals surface area contributed by atoms with Crippen LogP contribution in [0.2, 0.25) is 0 Å². The number of rotatable bonds is 1. The number of hydrogen-bond donors (Lipinski definition) is 1. The standard InChI is InChI=1S/C10H10O4/c1-6(11)7-2-3-8(12)10-9(7)13-4-5-14-10/h2-3,12H,4-5H2,1H3. The monoisotopic (exact) mass is 194 g/mol. The summed E-state index contributed by atoms with van der Waals surface area (Å²) in [7, 11) is 0. The van der Waals surface area contributed by atoms with Crippen LogP contribution in [-0.4, -0.2) is 24.1 Å². The summed E-state index contributed by atoms with van der Waals surface area (Å²) in [5, 5.41) is 9.45. The fraction of sp³-hybridized carbons (Fsp3) is 0.300. The van der Waals surface area contributed by atoms with Crippen LogP contribution in [0.25, 0.3) is 0 Å². The van der Waals surface area contributed by atoms with Gasteiger partial charge >= 0.3 is 0 Å². The summed E-state index contributed by atoms with van der Waals surface area (Å²) in [6.07, 6.45) is 0. The Balaban J connectivity index is 2.59. The number of aromatic hydroxyl groups is 1. The molecule has 14 heavy (non-hydrogen) atoms. The van der Waals surface area contributed by atoms with E-state index in [2.05, 4.69) is 0 Å². The number of phenolic OH excluding ortho intramolecular Hbond substituents is 1. The molecule has 0 spiro atoms. The van der Waals surface area contributed by atoms with Crippen molar-refractivity contribution in [1.82, 2.24) is 0 Å². The normalized spacial score (nSPS) is 13.8. The lowest BCUT2D eigenvalue weighted by Gasteiger charge is -2.20. The molecule has 0 radical (unpaired) electrons. The first kappa shape index (κ1) is 8.87. The molecule has 0 saturated carbocycles. The lowest BCUT2D eigenvalue weighted by Crippen LogP contribution is -2.17. The van der Waals surface area contributed by atoms with Gasteiger partial charge < -0.3 is 14.6 Å². The van der Waals surface area contributed by atoms with Crippen LogP contribution < -0.4 is 9.47 Å². The fourth-order valence-electron chi connectivity index (χ4n) is 1.40. The SMILES string of the molecule is CC(=O)c1ccc(O)c2c1OCCO2. The molecule has 1 aliphatic heterocycles. The maximum Gasteiger partial charge on any atom is 0.204 e. The Bertz CT molecular complexity index is 384. The number of phenols is 1. The molecule has 4 heteroatoms. The molecule has 1 aliphatic rings. The quantitative estimate of drug-likeness (QED) is 0.686. The van der Waals surface area contributed by atoms with Crippen molar-refractivity contribution in [3.8, 4) is 17.2 Å². The zero-order valence-corrected chi connectivity index (χ0v) is 7.74. The van der Waals surface area contributed by atoms with Crippen LogP contribution in [0.4, 0.5) is 0 Å². The molecule has 0 aliphatic carbocycles. The predicted octanol–water partition coefficient (Wildman–Crippen LogP) is 1.37. The van der Waals surface area contributed by atoms with Crippen LogP contribution in [0.1, 0.15) is 17.3 Å². The summed E-state index contributed by atoms with van der Waals surface area (Å²) in [6.45, 7) is 2.24. The topological polar surface area (TPSA) is 55.8 Å². The van der Waals surface area contributed by atoms with Crippen molar-refractivity contribution in [3.05, 3.63) is 17.7 Å². The molecule has 1 N–H and O–H groups in total. The van der Waals surface area contributed by atoms with Crippen LogP contribution in [0.15, 0.2) is 12.1 Å². The molecule has 74 valence electrons. The molecule has 2 rings (SSSR count). The highest BCUT2D eigenvalue weighted by atomic mass is 16.6. The first-order valence-corrected chi connectivity index (χ1v) is 4.32. The van der Waals surface area contributed by atoms with Gasteiger partial charge in [0.25, 0.3) is 0 Å². The third kappa shape index (κ3) is 1.28. The summed E-state index contributed by atoms with van der Waals surface area (Å²) < 4.78 is 10.5. The number of ketones is 1. The molecule has 0 saturated heterocycles. The van der Waals surface area contributed by atoms with Crippen molar-refractivity contribution < 1.29 is 19.4 Å². The highest BCUT2D eigenvalue weighted by Gasteiger charge is 2.21. The lowest BCUT2D eigenvalue weighted by molar-refractivity contribution is 0.100. The van der Waals surface area contributed by atoms with E-state index in [0.29, 0.717) is 24.5 Å². The highest BCUT2D eigenvalue weighted by molar-refractivity contribution is 5.98. The van der Waals surface area contributed by atoms with E-state index in [0.717, 1.165) is 0 Å². The van der Waals surface area contributed by atoms with Crippen molar-refractivity contribution in [2.24, 2.45) is 0 Å². The molecule has 0 bridgehead atoms. The number of hydrogen-bond acceptors (Lipinski definition) is 4. The van der Waals surface area contributed by atoms with E-state index < -0.39 is 0 Å². The first-order chi connectivity index (χ1) is 6.70. The Kier molecular flexibility index (Phi) is 2.04. The van der Waals surface area contributed by atoms with Crippen molar-refractivity contribution >= 4 is 5.78 Å². The van der Waals surface area contributed by atoms with Gasteiger partial charge in [-0.05, 0) is 19.1 Å². The number of Topliss-reactive ketones (excluding diaryl/α,β-unsaturated/α-hetero) is 1. The average molecular weight is 194 g/mol. The minimum absolute atomic E-state index is 0.00435. The zero-order chi connectivity index (χ0) is 10.1. The molecular formula is C10H10O4. The molecule has 0 aromatic heterocycles. The largest absolute Gasteiger partial charge is 0.504 e. The van der Waals surface area contributed by atoms with Gasteiger partial charge in [-0.2, -0.15) is 0 Å². The first-order valence-electron chi connectivity index (χ1n) is 4.32. The Labute approximate surface area is 81.1 Å². The summed E-state index contributed by atoms with van der Waals surface area (Å²) >= 11 is 0. The van der Waals surface area contributed by atoms with E-state index in [1.54, 1.807) is 0 Å². The van der Waals surface area contributed by atoms with Crippen LogP contribution >= 0.6 is 0 Å². The maximum atomic E-state index is 11.2. The van der Waals surface area contributed by atoms with Gasteiger partial charge in [-0.25, -0.2) is 0 Å². The van der Waals surface area contributed by atoms with Gasteiger partial charge in [-0.1, -0.05) is 0 Å². The van der Waals surface area contributed by atoms with E-state index in [4.69, 9.17) is 9.47 Å². The van der Waals surface area contributed by atoms with Gasteiger partial charge in [0.05, 0.1) is 5.56 Å². The number of fused-ring (bicyclic) bond motifs is 1. The minimum atomic E-state index is -0.105. The van der Waals surface area contributed by atoms with Gasteiger partial charge in [-0.15, -0.1) is 0 Å². The third-order valence-corrected chi connectivity index (χ3v) is 2.05. The van der Waals surface area contributed by atoms with Crippen LogP contribution in [0, 0.1) is 0 Å². The highest BCUT2D eigenvalue weighted by Crippen LogP contribution is 2.41. The van der Waals surface area contributed by atoms with Crippen LogP contribution in [-0.2, 0) is 0 Å². The summed E-state index contributed by atoms with van der Waals surface area (Å²) in [6, 6.07) is 2.97. The number of carbonyl (C=O) groups excluding carboxylic acids is 1. The summed E-state index contributed by atoms with van der Waals surface area (Å²) in [5.41, 5.74) is 0.442. The van der Waals surface area contributed by atoms with Crippen molar-refractivity contribution in [2.75, 3.05) is 13.2 Å². The van der Waals surface area contributed by atoms with E-state index in [-0.39, 0.29) is 17.3 Å². The van der Waals surface area contributed by atoms with Crippen molar-refractivity contribution in [2.45, 2.75) is 6.92 Å². The van der Waals surface area contributed by atoms with Crippen LogP contribution in [0.3, 0.4) is 0 Å². The van der Waals surface area contributed by atoms with E-state index in [1.807, 2.05) is 0 Å². The lowest BCUT2D eigenvalue weighted by atomic mass is 10.1. The minimum Gasteiger partial charge on any atom is -0.504 e. The average Bonchev–Trinajstić information content (AvgIpc) is 2.18. The molecule has 1 heterocycles. The second-order valence-electron chi connectivity index (χ2n) is 3.04. The molecule has 1 aromatic carbocycles. The molecule has 0 amide bonds. The molecule has 0 fully saturated rings. The van der Waals surface area contributed by atoms with Gasteiger partial charge in [0.1, 0.15) is 13.2 Å². The van der Waals surface area contributed by atoms with Crippen molar-refractivity contribution in [1.29, 1.82) is 0 Å². The van der Waals surface area contributed by atoms with E-state index in [9.17, 15) is 9.90 Å². The third-order valence-electron chi connectivity index (χ3n) is 2.05. The molecule has 0 atom stereocenters. The Hall–Kier alpha value is -1.71.